The summed E-state index contributed by atoms with van der Waals surface area (Å²) in [7, 11) is 0. The largest absolute Gasteiger partial charge is 0.507 e. The first kappa shape index (κ1) is 30.1. The Hall–Kier alpha value is -4.58. The highest BCUT2D eigenvalue weighted by Crippen LogP contribution is 2.64. The number of amides is 2. The van der Waals surface area contributed by atoms with Crippen molar-refractivity contribution in [2.24, 2.45) is 23.7 Å². The van der Waals surface area contributed by atoms with Gasteiger partial charge in [0.15, 0.2) is 11.6 Å². The molecule has 1 N–H and O–H groups in total. The molecule has 0 bridgehead atoms. The number of aryl methyl sites for hydroxylation is 2. The number of imide groups is 1. The van der Waals surface area contributed by atoms with Crippen LogP contribution < -0.4 is 0 Å². The quantitative estimate of drug-likeness (QED) is 0.265. The van der Waals surface area contributed by atoms with Gasteiger partial charge in [-0.25, -0.2) is 0 Å². The second-order valence-electron chi connectivity index (χ2n) is 14.5. The number of nitrogens with zero attached hydrogens (tertiary/aromatic N) is 1. The molecule has 0 radical (unpaired) electrons. The third-order valence-electron chi connectivity index (χ3n) is 10.9. The van der Waals surface area contributed by atoms with Gasteiger partial charge in [0.25, 0.3) is 0 Å². The van der Waals surface area contributed by atoms with E-state index in [1.807, 2.05) is 107 Å². The van der Waals surface area contributed by atoms with E-state index in [4.69, 9.17) is 0 Å². The molecule has 1 saturated heterocycles. The number of carbonyl (C=O) groups excluding carboxylic acids is 4. The molecule has 4 aliphatic rings. The number of Topliss-reactive ketones (excluding diaryl/α,β-unsaturated/α-hetero) is 1. The van der Waals surface area contributed by atoms with Gasteiger partial charge >= 0.3 is 0 Å². The highest BCUT2D eigenvalue weighted by Gasteiger charge is 2.66. The Morgan fingerprint density at radius 3 is 2.04 bits per heavy atom. The van der Waals surface area contributed by atoms with Crippen LogP contribution in [-0.2, 0) is 24.6 Å². The highest BCUT2D eigenvalue weighted by atomic mass is 16.3. The summed E-state index contributed by atoms with van der Waals surface area (Å²) in [6.07, 6.45) is 4.29. The number of likely N-dealkylation sites (tertiary alicyclic amines) is 1. The number of ketones is 2. The Bertz CT molecular complexity index is 1840. The molecule has 3 aromatic carbocycles. The van der Waals surface area contributed by atoms with E-state index >= 15 is 4.79 Å². The summed E-state index contributed by atoms with van der Waals surface area (Å²) in [5.41, 5.74) is 2.95. The van der Waals surface area contributed by atoms with Crippen LogP contribution in [0.3, 0.4) is 0 Å². The van der Waals surface area contributed by atoms with Crippen molar-refractivity contribution in [1.82, 2.24) is 4.90 Å². The standard InChI is InChI=1S/C40H39NO5/c1-22-18-25(19-23(2)35(22)43)34-27-16-17-28-33(38(46)41(37(28)45)39(3,4)5)30(27)20-31-36(44)29(24-12-8-6-9-13-24)21-32(42)40(31,34)26-14-10-7-11-15-26/h6-16,18-19,21,28,30-31,33-34,43H,17,20H2,1-5H3. The van der Waals surface area contributed by atoms with Gasteiger partial charge in [-0.1, -0.05) is 84.4 Å². The Morgan fingerprint density at radius 1 is 0.826 bits per heavy atom. The number of aromatic hydroxyl groups is 1. The minimum absolute atomic E-state index is 0.127. The zero-order valence-corrected chi connectivity index (χ0v) is 26.9. The van der Waals surface area contributed by atoms with Crippen LogP contribution in [0.1, 0.15) is 67.3 Å². The van der Waals surface area contributed by atoms with Crippen LogP contribution >= 0.6 is 0 Å². The predicted octanol–water partition coefficient (Wildman–Crippen LogP) is 6.63. The van der Waals surface area contributed by atoms with E-state index in [-0.39, 0.29) is 35.6 Å². The number of allylic oxidation sites excluding steroid dienone is 4. The molecule has 0 spiro atoms. The van der Waals surface area contributed by atoms with Gasteiger partial charge in [0.05, 0.1) is 17.3 Å². The summed E-state index contributed by atoms with van der Waals surface area (Å²) in [6.45, 7) is 9.31. The first-order chi connectivity index (χ1) is 21.9. The maximum Gasteiger partial charge on any atom is 0.234 e. The molecule has 0 aromatic heterocycles. The van der Waals surface area contributed by atoms with Crippen LogP contribution in [0.15, 0.2) is 90.5 Å². The number of hydrogen-bond acceptors (Lipinski definition) is 5. The van der Waals surface area contributed by atoms with Crippen molar-refractivity contribution in [1.29, 1.82) is 0 Å². The SMILES string of the molecule is Cc1cc(C2C3=CCC4C(=O)N(C(C)(C)C)C(=O)C4C3CC3C(=O)C(c4ccccc4)=CC(=O)C32c2ccccc2)cc(C)c1O. The number of benzene rings is 3. The van der Waals surface area contributed by atoms with Crippen LogP contribution in [0.25, 0.3) is 5.57 Å². The summed E-state index contributed by atoms with van der Waals surface area (Å²) < 4.78 is 0. The molecular weight excluding hydrogens is 574 g/mol. The third-order valence-corrected chi connectivity index (χ3v) is 10.9. The van der Waals surface area contributed by atoms with Crippen molar-refractivity contribution >= 4 is 29.0 Å². The molecular formula is C40H39NO5. The molecule has 234 valence electrons. The van der Waals surface area contributed by atoms with Crippen LogP contribution in [0, 0.1) is 37.5 Å². The Morgan fingerprint density at radius 2 is 1.43 bits per heavy atom. The monoisotopic (exact) mass is 613 g/mol. The maximum absolute atomic E-state index is 15.1. The van der Waals surface area contributed by atoms with E-state index in [2.05, 4.69) is 6.08 Å². The topological polar surface area (TPSA) is 91.8 Å². The minimum atomic E-state index is -1.28. The summed E-state index contributed by atoms with van der Waals surface area (Å²) in [4.78, 5) is 59.5. The minimum Gasteiger partial charge on any atom is -0.507 e. The molecule has 1 saturated carbocycles. The molecule has 6 atom stereocenters. The third kappa shape index (κ3) is 4.15. The lowest BCUT2D eigenvalue weighted by molar-refractivity contribution is -0.145. The molecule has 1 aliphatic heterocycles. The zero-order chi connectivity index (χ0) is 32.7. The highest BCUT2D eigenvalue weighted by molar-refractivity contribution is 6.31. The van der Waals surface area contributed by atoms with Gasteiger partial charge in [-0.3, -0.25) is 24.1 Å². The average molecular weight is 614 g/mol. The molecule has 2 fully saturated rings. The van der Waals surface area contributed by atoms with Gasteiger partial charge in [0.2, 0.25) is 11.8 Å². The summed E-state index contributed by atoms with van der Waals surface area (Å²) >= 11 is 0. The van der Waals surface area contributed by atoms with Gasteiger partial charge in [-0.15, -0.1) is 0 Å². The van der Waals surface area contributed by atoms with Crippen LogP contribution in [0.4, 0.5) is 0 Å². The van der Waals surface area contributed by atoms with Gasteiger partial charge in [-0.05, 0) is 87.3 Å². The van der Waals surface area contributed by atoms with Gasteiger partial charge < -0.3 is 5.11 Å². The van der Waals surface area contributed by atoms with E-state index in [1.165, 1.54) is 11.0 Å². The summed E-state index contributed by atoms with van der Waals surface area (Å²) in [5, 5.41) is 10.8. The van der Waals surface area contributed by atoms with Gasteiger partial charge in [-0.2, -0.15) is 0 Å². The normalized spacial score (nSPS) is 29.2. The fourth-order valence-electron chi connectivity index (χ4n) is 9.07. The number of hydrogen-bond donors (Lipinski definition) is 1. The maximum atomic E-state index is 15.1. The predicted molar refractivity (Wildman–Crippen MR) is 176 cm³/mol. The van der Waals surface area contributed by atoms with E-state index in [9.17, 15) is 19.5 Å². The molecule has 6 nitrogen and oxygen atoms in total. The molecule has 46 heavy (non-hydrogen) atoms. The fraction of sp³-hybridized carbons (Fsp3) is 0.350. The van der Waals surface area contributed by atoms with E-state index < -0.39 is 40.5 Å². The number of phenolic OH excluding ortho intramolecular Hbond substituents is 1. The molecule has 2 amide bonds. The zero-order valence-electron chi connectivity index (χ0n) is 26.9. The lowest BCUT2D eigenvalue weighted by Gasteiger charge is -2.55. The van der Waals surface area contributed by atoms with E-state index in [0.717, 1.165) is 16.7 Å². The Kier molecular flexibility index (Phi) is 6.86. The molecule has 3 aliphatic carbocycles. The van der Waals surface area contributed by atoms with E-state index in [0.29, 0.717) is 28.7 Å². The van der Waals surface area contributed by atoms with Crippen molar-refractivity contribution in [3.8, 4) is 5.75 Å². The summed E-state index contributed by atoms with van der Waals surface area (Å²) in [6, 6.07) is 22.7. The molecule has 3 aromatic rings. The summed E-state index contributed by atoms with van der Waals surface area (Å²) in [5.74, 6) is -3.35. The van der Waals surface area contributed by atoms with E-state index in [1.54, 1.807) is 0 Å². The molecule has 6 unspecified atom stereocenters. The van der Waals surface area contributed by atoms with Crippen molar-refractivity contribution in [3.63, 3.8) is 0 Å². The number of fused-ring (bicyclic) bond motifs is 4. The van der Waals surface area contributed by atoms with Crippen LogP contribution in [-0.4, -0.2) is 38.9 Å². The lowest BCUT2D eigenvalue weighted by Crippen LogP contribution is -2.59. The van der Waals surface area contributed by atoms with Crippen molar-refractivity contribution in [2.45, 2.75) is 64.3 Å². The van der Waals surface area contributed by atoms with Crippen molar-refractivity contribution in [3.05, 3.63) is 118 Å². The first-order valence-electron chi connectivity index (χ1n) is 16.2. The number of phenols is 1. The van der Waals surface area contributed by atoms with Crippen LogP contribution in [0.2, 0.25) is 0 Å². The van der Waals surface area contributed by atoms with Crippen molar-refractivity contribution in [2.75, 3.05) is 0 Å². The van der Waals surface area contributed by atoms with Gasteiger partial charge in [0.1, 0.15) is 5.75 Å². The Labute approximate surface area is 269 Å². The first-order valence-corrected chi connectivity index (χ1v) is 16.2. The van der Waals surface area contributed by atoms with Crippen molar-refractivity contribution < 1.29 is 24.3 Å². The Balaban J connectivity index is 1.52. The molecule has 1 heterocycles. The second-order valence-corrected chi connectivity index (χ2v) is 14.5. The second kappa shape index (κ2) is 10.5. The van der Waals surface area contributed by atoms with Gasteiger partial charge in [0, 0.05) is 22.9 Å². The smallest absolute Gasteiger partial charge is 0.234 e. The lowest BCUT2D eigenvalue weighted by atomic mass is 9.44. The number of carbonyl (C=O) groups is 4. The van der Waals surface area contributed by atoms with Crippen LogP contribution in [0.5, 0.6) is 5.75 Å². The molecule has 7 rings (SSSR count). The number of rotatable bonds is 3. The fourth-order valence-corrected chi connectivity index (χ4v) is 9.07. The average Bonchev–Trinajstić information content (AvgIpc) is 3.30. The molecule has 6 heteroatoms.